The molecule has 3 heteroatoms. The van der Waals surface area contributed by atoms with E-state index in [1.807, 2.05) is 24.3 Å². The molecular weight excluding hydrogens is 232 g/mol. The van der Waals surface area contributed by atoms with E-state index >= 15 is 0 Å². The summed E-state index contributed by atoms with van der Waals surface area (Å²) in [4.78, 5) is 0. The maximum absolute atomic E-state index is 5.44. The molecule has 0 aliphatic heterocycles. The lowest BCUT2D eigenvalue weighted by Crippen LogP contribution is -2.01. The van der Waals surface area contributed by atoms with Crippen molar-refractivity contribution in [2.24, 2.45) is 0 Å². The number of halogens is 1. The van der Waals surface area contributed by atoms with Crippen LogP contribution >= 0.6 is 15.9 Å². The summed E-state index contributed by atoms with van der Waals surface area (Å²) in [6.07, 6.45) is 0. The lowest BCUT2D eigenvalue weighted by atomic mass is 10.3. The van der Waals surface area contributed by atoms with Crippen molar-refractivity contribution in [2.75, 3.05) is 18.5 Å². The normalized spacial score (nSPS) is 9.69. The number of rotatable bonds is 5. The van der Waals surface area contributed by atoms with Crippen molar-refractivity contribution in [3.63, 3.8) is 0 Å². The number of alkyl halides is 1. The van der Waals surface area contributed by atoms with Gasteiger partial charge in [-0.1, -0.05) is 28.1 Å². The standard InChI is InChI=1S/C10H12BrO2/c1-2-12-9-5-3-4-6-10(9)13-8-7-11/h3-6H,1-2,7-8H2. The van der Waals surface area contributed by atoms with Crippen molar-refractivity contribution in [1.29, 1.82) is 0 Å². The molecule has 13 heavy (non-hydrogen) atoms. The van der Waals surface area contributed by atoms with Crippen molar-refractivity contribution < 1.29 is 9.47 Å². The van der Waals surface area contributed by atoms with Crippen LogP contribution in [0.4, 0.5) is 0 Å². The van der Waals surface area contributed by atoms with E-state index in [0.29, 0.717) is 13.2 Å². The fourth-order valence-electron chi connectivity index (χ4n) is 0.947. The molecule has 0 heterocycles. The van der Waals surface area contributed by atoms with E-state index in [1.165, 1.54) is 0 Å². The number of para-hydroxylation sites is 2. The molecule has 0 aliphatic rings. The maximum atomic E-state index is 5.44. The lowest BCUT2D eigenvalue weighted by molar-refractivity contribution is 0.298. The third-order valence-corrected chi connectivity index (χ3v) is 1.77. The molecule has 0 atom stereocenters. The molecule has 0 N–H and O–H groups in total. The minimum atomic E-state index is 0.411. The lowest BCUT2D eigenvalue weighted by Gasteiger charge is -2.09. The first-order valence-electron chi connectivity index (χ1n) is 4.08. The highest BCUT2D eigenvalue weighted by Gasteiger charge is 2.01. The van der Waals surface area contributed by atoms with Crippen LogP contribution in [-0.2, 0) is 0 Å². The van der Waals surface area contributed by atoms with Crippen molar-refractivity contribution in [3.05, 3.63) is 31.2 Å². The predicted octanol–water partition coefficient (Wildman–Crippen LogP) is 2.67. The third kappa shape index (κ3) is 3.27. The summed E-state index contributed by atoms with van der Waals surface area (Å²) >= 11 is 3.29. The molecule has 0 aromatic heterocycles. The largest absolute Gasteiger partial charge is 0.490 e. The Morgan fingerprint density at radius 1 is 1.15 bits per heavy atom. The second kappa shape index (κ2) is 5.86. The predicted molar refractivity (Wildman–Crippen MR) is 56.6 cm³/mol. The van der Waals surface area contributed by atoms with Gasteiger partial charge in [-0.3, -0.25) is 0 Å². The molecule has 0 bridgehead atoms. The minimum Gasteiger partial charge on any atom is -0.490 e. The van der Waals surface area contributed by atoms with Crippen molar-refractivity contribution >= 4 is 15.9 Å². The van der Waals surface area contributed by atoms with Crippen LogP contribution in [0.3, 0.4) is 0 Å². The van der Waals surface area contributed by atoms with Crippen LogP contribution in [0, 0.1) is 6.92 Å². The molecule has 2 nitrogen and oxygen atoms in total. The SMILES string of the molecule is [CH2]COc1ccccc1OCCBr. The van der Waals surface area contributed by atoms with E-state index in [-0.39, 0.29) is 0 Å². The van der Waals surface area contributed by atoms with E-state index in [2.05, 4.69) is 22.9 Å². The monoisotopic (exact) mass is 243 g/mol. The zero-order chi connectivity index (χ0) is 9.52. The summed E-state index contributed by atoms with van der Waals surface area (Å²) in [6.45, 7) is 4.66. The van der Waals surface area contributed by atoms with Crippen LogP contribution in [0.25, 0.3) is 0 Å². The van der Waals surface area contributed by atoms with E-state index in [9.17, 15) is 0 Å². The van der Waals surface area contributed by atoms with Crippen LogP contribution in [0.15, 0.2) is 24.3 Å². The highest BCUT2D eigenvalue weighted by molar-refractivity contribution is 9.09. The van der Waals surface area contributed by atoms with Gasteiger partial charge < -0.3 is 9.47 Å². The number of hydrogen-bond acceptors (Lipinski definition) is 2. The number of hydrogen-bond donors (Lipinski definition) is 0. The van der Waals surface area contributed by atoms with Gasteiger partial charge in [0.05, 0.1) is 13.2 Å². The molecule has 71 valence electrons. The summed E-state index contributed by atoms with van der Waals surface area (Å²) in [6, 6.07) is 7.58. The van der Waals surface area contributed by atoms with Gasteiger partial charge in [0.25, 0.3) is 0 Å². The first kappa shape index (κ1) is 10.4. The summed E-state index contributed by atoms with van der Waals surface area (Å²) in [5.74, 6) is 1.52. The van der Waals surface area contributed by atoms with Crippen molar-refractivity contribution in [3.8, 4) is 11.5 Å². The number of ether oxygens (including phenoxy) is 2. The second-order valence-electron chi connectivity index (χ2n) is 2.33. The van der Waals surface area contributed by atoms with Gasteiger partial charge in [-0.15, -0.1) is 0 Å². The summed E-state index contributed by atoms with van der Waals surface area (Å²) < 4.78 is 10.7. The Kier molecular flexibility index (Phi) is 4.68. The quantitative estimate of drug-likeness (QED) is 0.741. The zero-order valence-corrected chi connectivity index (χ0v) is 8.92. The first-order chi connectivity index (χ1) is 6.38. The van der Waals surface area contributed by atoms with Gasteiger partial charge in [-0.25, -0.2) is 0 Å². The van der Waals surface area contributed by atoms with Gasteiger partial charge in [0, 0.05) is 5.33 Å². The minimum absolute atomic E-state index is 0.411. The van der Waals surface area contributed by atoms with Crippen LogP contribution in [0.2, 0.25) is 0 Å². The molecule has 0 aliphatic carbocycles. The highest BCUT2D eigenvalue weighted by Crippen LogP contribution is 2.26. The molecule has 0 saturated carbocycles. The molecular formula is C10H12BrO2. The molecule has 0 amide bonds. The molecule has 1 radical (unpaired) electrons. The Labute approximate surface area is 87.0 Å². The Morgan fingerprint density at radius 2 is 1.77 bits per heavy atom. The maximum Gasteiger partial charge on any atom is 0.161 e. The van der Waals surface area contributed by atoms with Crippen LogP contribution in [0.5, 0.6) is 11.5 Å². The molecule has 1 rings (SSSR count). The van der Waals surface area contributed by atoms with Crippen LogP contribution in [-0.4, -0.2) is 18.5 Å². The van der Waals surface area contributed by atoms with Gasteiger partial charge in [-0.05, 0) is 19.1 Å². The van der Waals surface area contributed by atoms with Crippen molar-refractivity contribution in [2.45, 2.75) is 0 Å². The Hall–Kier alpha value is -0.700. The van der Waals surface area contributed by atoms with Gasteiger partial charge in [0.2, 0.25) is 0 Å². The molecule has 0 unspecified atom stereocenters. The molecule has 1 aromatic rings. The van der Waals surface area contributed by atoms with Gasteiger partial charge in [0.1, 0.15) is 0 Å². The summed E-state index contributed by atoms with van der Waals surface area (Å²) in [5, 5.41) is 0.811. The third-order valence-electron chi connectivity index (χ3n) is 1.44. The fourth-order valence-corrected chi connectivity index (χ4v) is 1.11. The Bertz CT molecular complexity index is 250. The zero-order valence-electron chi connectivity index (χ0n) is 7.33. The Morgan fingerprint density at radius 3 is 2.31 bits per heavy atom. The van der Waals surface area contributed by atoms with Gasteiger partial charge >= 0.3 is 0 Å². The molecule has 0 spiro atoms. The average Bonchev–Trinajstić information content (AvgIpc) is 2.17. The van der Waals surface area contributed by atoms with Crippen molar-refractivity contribution in [1.82, 2.24) is 0 Å². The fraction of sp³-hybridized carbons (Fsp3) is 0.300. The van der Waals surface area contributed by atoms with Gasteiger partial charge in [-0.2, -0.15) is 0 Å². The topological polar surface area (TPSA) is 18.5 Å². The summed E-state index contributed by atoms with van der Waals surface area (Å²) in [7, 11) is 0. The smallest absolute Gasteiger partial charge is 0.161 e. The molecule has 1 aromatic carbocycles. The Balaban J connectivity index is 2.66. The van der Waals surface area contributed by atoms with Gasteiger partial charge in [0.15, 0.2) is 11.5 Å². The second-order valence-corrected chi connectivity index (χ2v) is 3.13. The highest BCUT2D eigenvalue weighted by atomic mass is 79.9. The van der Waals surface area contributed by atoms with E-state index in [1.54, 1.807) is 0 Å². The van der Waals surface area contributed by atoms with E-state index in [4.69, 9.17) is 9.47 Å². The summed E-state index contributed by atoms with van der Waals surface area (Å²) in [5.41, 5.74) is 0. The molecule has 0 saturated heterocycles. The van der Waals surface area contributed by atoms with E-state index in [0.717, 1.165) is 16.8 Å². The molecule has 0 fully saturated rings. The van der Waals surface area contributed by atoms with Crippen LogP contribution in [0.1, 0.15) is 0 Å². The first-order valence-corrected chi connectivity index (χ1v) is 5.20. The van der Waals surface area contributed by atoms with Crippen LogP contribution < -0.4 is 9.47 Å². The number of benzene rings is 1. The van der Waals surface area contributed by atoms with E-state index < -0.39 is 0 Å². The average molecular weight is 244 g/mol.